The summed E-state index contributed by atoms with van der Waals surface area (Å²) >= 11 is 11.7. The van der Waals surface area contributed by atoms with Crippen molar-refractivity contribution in [3.8, 4) is 5.88 Å². The molecule has 1 aromatic heterocycles. The third kappa shape index (κ3) is 5.42. The van der Waals surface area contributed by atoms with Gasteiger partial charge in [0, 0.05) is 30.4 Å². The van der Waals surface area contributed by atoms with Gasteiger partial charge in [-0.15, -0.1) is 0 Å². The molecule has 0 spiro atoms. The highest BCUT2D eigenvalue weighted by atomic mass is 35.5. The predicted octanol–water partition coefficient (Wildman–Crippen LogP) is 3.85. The molecule has 1 aliphatic heterocycles. The number of hydrogen-bond donors (Lipinski definition) is 0. The van der Waals surface area contributed by atoms with Gasteiger partial charge in [-0.2, -0.15) is 0 Å². The summed E-state index contributed by atoms with van der Waals surface area (Å²) in [6, 6.07) is 7.72. The molecule has 0 radical (unpaired) electrons. The molecule has 142 valence electrons. The molecule has 2 aromatic rings. The van der Waals surface area contributed by atoms with Crippen molar-refractivity contribution < 1.29 is 18.7 Å². The van der Waals surface area contributed by atoms with Crippen LogP contribution in [0.5, 0.6) is 5.88 Å². The molecule has 0 bridgehead atoms. The zero-order valence-electron chi connectivity index (χ0n) is 14.3. The van der Waals surface area contributed by atoms with E-state index in [1.165, 1.54) is 30.5 Å². The SMILES string of the molecule is O=C(/C=C/c1c(F)cccc1Cl)N1CCOC(COc2ccc(Cl)cn2)C1. The molecule has 1 aliphatic rings. The summed E-state index contributed by atoms with van der Waals surface area (Å²) in [6.07, 6.45) is 3.91. The van der Waals surface area contributed by atoms with Crippen LogP contribution in [0.3, 0.4) is 0 Å². The summed E-state index contributed by atoms with van der Waals surface area (Å²) in [7, 11) is 0. The Bertz CT molecular complexity index is 810. The molecular formula is C19H17Cl2FN2O3. The first-order valence-corrected chi connectivity index (χ1v) is 9.05. The molecule has 0 saturated carbocycles. The van der Waals surface area contributed by atoms with Crippen LogP contribution in [-0.4, -0.2) is 48.2 Å². The summed E-state index contributed by atoms with van der Waals surface area (Å²) in [5, 5.41) is 0.776. The molecule has 8 heteroatoms. The summed E-state index contributed by atoms with van der Waals surface area (Å²) < 4.78 is 25.0. The van der Waals surface area contributed by atoms with Crippen molar-refractivity contribution in [2.75, 3.05) is 26.3 Å². The van der Waals surface area contributed by atoms with E-state index in [4.69, 9.17) is 32.7 Å². The molecule has 1 aromatic carbocycles. The van der Waals surface area contributed by atoms with Crippen molar-refractivity contribution in [3.63, 3.8) is 0 Å². The molecule has 1 amide bonds. The fraction of sp³-hybridized carbons (Fsp3) is 0.263. The van der Waals surface area contributed by atoms with Crippen molar-refractivity contribution in [2.24, 2.45) is 0 Å². The Morgan fingerprint density at radius 3 is 2.96 bits per heavy atom. The zero-order valence-corrected chi connectivity index (χ0v) is 15.8. The summed E-state index contributed by atoms with van der Waals surface area (Å²) in [5.41, 5.74) is 0.189. The van der Waals surface area contributed by atoms with Gasteiger partial charge in [0.15, 0.2) is 0 Å². The second-order valence-corrected chi connectivity index (χ2v) is 6.72. The molecule has 0 aliphatic carbocycles. The number of hydrogen-bond acceptors (Lipinski definition) is 4. The average Bonchev–Trinajstić information content (AvgIpc) is 2.67. The smallest absolute Gasteiger partial charge is 0.246 e. The number of morpholine rings is 1. The van der Waals surface area contributed by atoms with Crippen molar-refractivity contribution in [1.82, 2.24) is 9.88 Å². The Morgan fingerprint density at radius 2 is 2.22 bits per heavy atom. The zero-order chi connectivity index (χ0) is 19.2. The molecule has 2 heterocycles. The Kier molecular flexibility index (Phi) is 6.66. The van der Waals surface area contributed by atoms with Crippen molar-refractivity contribution in [3.05, 3.63) is 64.0 Å². The van der Waals surface area contributed by atoms with Crippen molar-refractivity contribution >= 4 is 35.2 Å². The third-order valence-corrected chi connectivity index (χ3v) is 4.51. The number of pyridine rings is 1. The third-order valence-electron chi connectivity index (χ3n) is 3.96. The predicted molar refractivity (Wildman–Crippen MR) is 102 cm³/mol. The first-order chi connectivity index (χ1) is 13.0. The highest BCUT2D eigenvalue weighted by Crippen LogP contribution is 2.20. The second kappa shape index (κ2) is 9.17. The quantitative estimate of drug-likeness (QED) is 0.702. The average molecular weight is 411 g/mol. The molecule has 3 rings (SSSR count). The highest BCUT2D eigenvalue weighted by molar-refractivity contribution is 6.32. The maximum Gasteiger partial charge on any atom is 0.246 e. The van der Waals surface area contributed by atoms with E-state index in [1.807, 2.05) is 0 Å². The van der Waals surface area contributed by atoms with Crippen LogP contribution in [0.2, 0.25) is 10.0 Å². The molecule has 0 N–H and O–H groups in total. The van der Waals surface area contributed by atoms with E-state index in [1.54, 1.807) is 23.1 Å². The number of ether oxygens (including phenoxy) is 2. The number of amides is 1. The van der Waals surface area contributed by atoms with Gasteiger partial charge in [-0.1, -0.05) is 29.3 Å². The summed E-state index contributed by atoms with van der Waals surface area (Å²) in [5.74, 6) is -0.289. The van der Waals surface area contributed by atoms with E-state index >= 15 is 0 Å². The van der Waals surface area contributed by atoms with Gasteiger partial charge in [-0.3, -0.25) is 4.79 Å². The second-order valence-electron chi connectivity index (χ2n) is 5.87. The topological polar surface area (TPSA) is 51.7 Å². The van der Waals surface area contributed by atoms with Crippen LogP contribution >= 0.6 is 23.2 Å². The molecule has 1 saturated heterocycles. The number of aromatic nitrogens is 1. The van der Waals surface area contributed by atoms with E-state index in [2.05, 4.69) is 4.98 Å². The maximum absolute atomic E-state index is 13.8. The number of carbonyl (C=O) groups excluding carboxylic acids is 1. The van der Waals surface area contributed by atoms with E-state index in [0.717, 1.165) is 0 Å². The Balaban J connectivity index is 1.56. The van der Waals surface area contributed by atoms with E-state index in [9.17, 15) is 9.18 Å². The van der Waals surface area contributed by atoms with Gasteiger partial charge in [0.1, 0.15) is 18.5 Å². The van der Waals surface area contributed by atoms with Crippen LogP contribution in [0.25, 0.3) is 6.08 Å². The Hall–Kier alpha value is -2.15. The van der Waals surface area contributed by atoms with Gasteiger partial charge in [0.05, 0.1) is 23.2 Å². The van der Waals surface area contributed by atoms with Gasteiger partial charge >= 0.3 is 0 Å². The lowest BCUT2D eigenvalue weighted by Gasteiger charge is -2.32. The molecule has 5 nitrogen and oxygen atoms in total. The van der Waals surface area contributed by atoms with Crippen molar-refractivity contribution in [2.45, 2.75) is 6.10 Å². The van der Waals surface area contributed by atoms with Gasteiger partial charge in [-0.25, -0.2) is 9.37 Å². The number of benzene rings is 1. The number of rotatable bonds is 5. The van der Waals surface area contributed by atoms with Crippen molar-refractivity contribution in [1.29, 1.82) is 0 Å². The largest absolute Gasteiger partial charge is 0.475 e. The van der Waals surface area contributed by atoms with E-state index in [0.29, 0.717) is 30.6 Å². The minimum atomic E-state index is -0.477. The maximum atomic E-state index is 13.8. The first-order valence-electron chi connectivity index (χ1n) is 8.30. The monoisotopic (exact) mass is 410 g/mol. The van der Waals surface area contributed by atoms with Gasteiger partial charge in [0.25, 0.3) is 0 Å². The molecule has 1 fully saturated rings. The Morgan fingerprint density at radius 1 is 1.37 bits per heavy atom. The standard InChI is InChI=1S/C19H17Cl2FN2O3/c20-13-4-6-18(23-10-13)27-12-14-11-24(8-9-26-14)19(25)7-5-15-16(21)2-1-3-17(15)22/h1-7,10,14H,8-9,11-12H2/b7-5+. The summed E-state index contributed by atoms with van der Waals surface area (Å²) in [6.45, 7) is 1.45. The van der Waals surface area contributed by atoms with Gasteiger partial charge in [0.2, 0.25) is 11.8 Å². The molecule has 1 unspecified atom stereocenters. The molecule has 1 atom stereocenters. The van der Waals surface area contributed by atoms with Crippen LogP contribution in [0.15, 0.2) is 42.6 Å². The minimum absolute atomic E-state index is 0.189. The first kappa shape index (κ1) is 19.6. The normalized spacial score (nSPS) is 17.3. The highest BCUT2D eigenvalue weighted by Gasteiger charge is 2.23. The lowest BCUT2D eigenvalue weighted by molar-refractivity contribution is -0.134. The minimum Gasteiger partial charge on any atom is -0.475 e. The number of carbonyl (C=O) groups is 1. The molecular weight excluding hydrogens is 394 g/mol. The fourth-order valence-corrected chi connectivity index (χ4v) is 2.91. The summed E-state index contributed by atoms with van der Waals surface area (Å²) in [4.78, 5) is 18.1. The van der Waals surface area contributed by atoms with E-state index < -0.39 is 5.82 Å². The Labute approximate surface area is 166 Å². The number of halogens is 3. The lowest BCUT2D eigenvalue weighted by atomic mass is 10.2. The molecule has 27 heavy (non-hydrogen) atoms. The van der Waals surface area contributed by atoms with Crippen LogP contribution in [0.1, 0.15) is 5.56 Å². The van der Waals surface area contributed by atoms with Crippen LogP contribution in [-0.2, 0) is 9.53 Å². The van der Waals surface area contributed by atoms with Gasteiger partial charge < -0.3 is 14.4 Å². The van der Waals surface area contributed by atoms with Crippen LogP contribution in [0, 0.1) is 5.82 Å². The fourth-order valence-electron chi connectivity index (χ4n) is 2.58. The van der Waals surface area contributed by atoms with Crippen LogP contribution in [0.4, 0.5) is 4.39 Å². The number of nitrogens with zero attached hydrogens (tertiary/aromatic N) is 2. The van der Waals surface area contributed by atoms with E-state index in [-0.39, 0.29) is 29.2 Å². The van der Waals surface area contributed by atoms with Crippen LogP contribution < -0.4 is 4.74 Å². The lowest BCUT2D eigenvalue weighted by Crippen LogP contribution is -2.47. The van der Waals surface area contributed by atoms with Gasteiger partial charge in [-0.05, 0) is 24.3 Å².